The van der Waals surface area contributed by atoms with Gasteiger partial charge in [0.2, 0.25) is 0 Å². The molecule has 0 bridgehead atoms. The third-order valence-electron chi connectivity index (χ3n) is 4.11. The monoisotopic (exact) mass is 410 g/mol. The molecule has 0 spiro atoms. The zero-order valence-electron chi connectivity index (χ0n) is 15.9. The second kappa shape index (κ2) is 10.4. The number of aliphatic carboxylic acids is 1. The highest BCUT2D eigenvalue weighted by Gasteiger charge is 2.35. The molecule has 1 saturated carbocycles. The highest BCUT2D eigenvalue weighted by Crippen LogP contribution is 2.33. The molecular formula is C16H25F3N4O5. The molecule has 1 aromatic heterocycles. The van der Waals surface area contributed by atoms with Crippen LogP contribution in [-0.2, 0) is 32.0 Å². The van der Waals surface area contributed by atoms with Gasteiger partial charge in [0.15, 0.2) is 5.82 Å². The predicted molar refractivity (Wildman–Crippen MR) is 90.5 cm³/mol. The third kappa shape index (κ3) is 7.80. The first-order valence-corrected chi connectivity index (χ1v) is 8.51. The molecule has 12 heteroatoms. The van der Waals surface area contributed by atoms with Crippen molar-refractivity contribution in [1.29, 1.82) is 0 Å². The zero-order valence-corrected chi connectivity index (χ0v) is 15.9. The molecule has 1 fully saturated rings. The van der Waals surface area contributed by atoms with E-state index in [-0.39, 0.29) is 36.1 Å². The molecule has 3 N–H and O–H groups in total. The summed E-state index contributed by atoms with van der Waals surface area (Å²) in [6.07, 6.45) is -3.14. The Morgan fingerprint density at radius 3 is 2.39 bits per heavy atom. The van der Waals surface area contributed by atoms with Crippen LogP contribution in [0, 0.1) is 0 Å². The normalized spacial score (nSPS) is 22.2. The molecule has 1 aliphatic carbocycles. The molecule has 160 valence electrons. The summed E-state index contributed by atoms with van der Waals surface area (Å²) in [7, 11) is 2.76. The average molecular weight is 410 g/mol. The minimum atomic E-state index is -4.43. The first-order chi connectivity index (χ1) is 13.0. The van der Waals surface area contributed by atoms with E-state index >= 15 is 0 Å². The summed E-state index contributed by atoms with van der Waals surface area (Å²) in [5, 5.41) is 11.3. The maximum Gasteiger partial charge on any atom is 0.408 e. The first-order valence-electron chi connectivity index (χ1n) is 8.51. The van der Waals surface area contributed by atoms with Crippen LogP contribution in [0.3, 0.4) is 0 Å². The van der Waals surface area contributed by atoms with Gasteiger partial charge in [0.1, 0.15) is 18.8 Å². The van der Waals surface area contributed by atoms with E-state index in [2.05, 4.69) is 14.8 Å². The summed E-state index contributed by atoms with van der Waals surface area (Å²) in [4.78, 5) is 24.5. The topological polar surface area (TPSA) is 130 Å². The first kappa shape index (κ1) is 23.8. The Hall–Kier alpha value is -2.21. The second-order valence-electron chi connectivity index (χ2n) is 6.38. The maximum atomic E-state index is 12.8. The van der Waals surface area contributed by atoms with E-state index in [0.29, 0.717) is 19.3 Å². The molecular weight excluding hydrogens is 385 g/mol. The summed E-state index contributed by atoms with van der Waals surface area (Å²) < 4.78 is 49.0. The highest BCUT2D eigenvalue weighted by atomic mass is 19.4. The molecule has 3 atom stereocenters. The van der Waals surface area contributed by atoms with Gasteiger partial charge >= 0.3 is 12.1 Å². The minimum absolute atomic E-state index is 0.0172. The van der Waals surface area contributed by atoms with Gasteiger partial charge in [-0.15, -0.1) is 0 Å². The number of nitrogens with zero attached hydrogens (tertiary/aromatic N) is 3. The van der Waals surface area contributed by atoms with Crippen LogP contribution in [0.4, 0.5) is 13.2 Å². The molecule has 1 aliphatic rings. The number of aromatic nitrogens is 3. The number of carboxylic acids is 1. The minimum Gasteiger partial charge on any atom is -0.481 e. The van der Waals surface area contributed by atoms with Crippen molar-refractivity contribution in [3.63, 3.8) is 0 Å². The number of carboxylic acid groups (broad SMARTS) is 1. The maximum absolute atomic E-state index is 12.8. The number of carbonyl (C=O) groups is 2. The van der Waals surface area contributed by atoms with Gasteiger partial charge < -0.3 is 20.3 Å². The number of carbonyl (C=O) groups excluding carboxylic acids is 1. The quantitative estimate of drug-likeness (QED) is 0.694. The number of halogens is 3. The van der Waals surface area contributed by atoms with Gasteiger partial charge in [0.25, 0.3) is 5.97 Å². The Balaban J connectivity index is 0.000000892. The number of rotatable bonds is 5. The fourth-order valence-electron chi connectivity index (χ4n) is 2.97. The van der Waals surface area contributed by atoms with E-state index in [0.717, 1.165) is 11.6 Å². The molecule has 0 unspecified atom stereocenters. The predicted octanol–water partition coefficient (Wildman–Crippen LogP) is 1.26. The number of hydrogen-bond acceptors (Lipinski definition) is 7. The van der Waals surface area contributed by atoms with E-state index < -0.39 is 24.7 Å². The summed E-state index contributed by atoms with van der Waals surface area (Å²) in [6.45, 7) is -0.171. The van der Waals surface area contributed by atoms with E-state index in [1.807, 2.05) is 0 Å². The highest BCUT2D eigenvalue weighted by molar-refractivity contribution is 5.71. The van der Waals surface area contributed by atoms with E-state index in [9.17, 15) is 18.0 Å². The second-order valence-corrected chi connectivity index (χ2v) is 6.38. The number of ether oxygens (including phenoxy) is 2. The fourth-order valence-corrected chi connectivity index (χ4v) is 2.97. The Morgan fingerprint density at radius 2 is 1.93 bits per heavy atom. The summed E-state index contributed by atoms with van der Waals surface area (Å²) >= 11 is 0. The molecule has 1 heterocycles. The van der Waals surface area contributed by atoms with Crippen LogP contribution in [-0.4, -0.2) is 64.4 Å². The molecule has 28 heavy (non-hydrogen) atoms. The Labute approximate surface area is 160 Å². The Kier molecular flexibility index (Phi) is 8.82. The van der Waals surface area contributed by atoms with Crippen LogP contribution in [0.1, 0.15) is 43.8 Å². The lowest BCUT2D eigenvalue weighted by Gasteiger charge is -2.32. The lowest BCUT2D eigenvalue weighted by Crippen LogP contribution is -2.41. The van der Waals surface area contributed by atoms with Crippen LogP contribution in [0.25, 0.3) is 0 Å². The Morgan fingerprint density at radius 1 is 1.32 bits per heavy atom. The number of nitrogens with two attached hydrogens (primary N) is 1. The molecule has 0 saturated heterocycles. The largest absolute Gasteiger partial charge is 0.481 e. The van der Waals surface area contributed by atoms with E-state index in [1.165, 1.54) is 7.11 Å². The number of hydrogen-bond donors (Lipinski definition) is 2. The zero-order chi connectivity index (χ0) is 21.5. The van der Waals surface area contributed by atoms with Crippen LogP contribution in [0.5, 0.6) is 0 Å². The van der Waals surface area contributed by atoms with Crippen molar-refractivity contribution in [2.75, 3.05) is 14.2 Å². The smallest absolute Gasteiger partial charge is 0.408 e. The lowest BCUT2D eigenvalue weighted by molar-refractivity contribution is -0.143. The molecule has 9 nitrogen and oxygen atoms in total. The van der Waals surface area contributed by atoms with Crippen LogP contribution in [0.2, 0.25) is 0 Å². The molecule has 0 aliphatic heterocycles. The molecule has 2 rings (SSSR count). The van der Waals surface area contributed by atoms with E-state index in [1.54, 1.807) is 7.11 Å². The van der Waals surface area contributed by atoms with E-state index in [4.69, 9.17) is 20.4 Å². The van der Waals surface area contributed by atoms with Gasteiger partial charge in [-0.05, 0) is 19.3 Å². The van der Waals surface area contributed by atoms with Crippen LogP contribution < -0.4 is 5.73 Å². The fraction of sp³-hybridized carbons (Fsp3) is 0.750. The van der Waals surface area contributed by atoms with Crippen molar-refractivity contribution >= 4 is 11.9 Å². The SMILES string of the molecule is CC(=O)O.COC(=O)Cc1nc([C@H]2CC[C@@H](OC)[C@H](N)C2)n(CC(F)(F)F)n1. The van der Waals surface area contributed by atoms with Gasteiger partial charge in [-0.25, -0.2) is 9.67 Å². The van der Waals surface area contributed by atoms with Gasteiger partial charge in [-0.2, -0.15) is 18.3 Å². The Bertz CT molecular complexity index is 661. The van der Waals surface area contributed by atoms with Crippen molar-refractivity contribution < 1.29 is 37.3 Å². The van der Waals surface area contributed by atoms with Crippen molar-refractivity contribution in [3.05, 3.63) is 11.6 Å². The number of methoxy groups -OCH3 is 2. The third-order valence-corrected chi connectivity index (χ3v) is 4.11. The van der Waals surface area contributed by atoms with Gasteiger partial charge in [0.05, 0.1) is 13.2 Å². The van der Waals surface area contributed by atoms with Gasteiger partial charge in [-0.3, -0.25) is 9.59 Å². The summed E-state index contributed by atoms with van der Waals surface area (Å²) in [5.41, 5.74) is 6.02. The summed E-state index contributed by atoms with van der Waals surface area (Å²) in [5.74, 6) is -1.47. The van der Waals surface area contributed by atoms with Gasteiger partial charge in [0, 0.05) is 26.0 Å². The van der Waals surface area contributed by atoms with Crippen LogP contribution >= 0.6 is 0 Å². The van der Waals surface area contributed by atoms with Crippen molar-refractivity contribution in [2.24, 2.45) is 5.73 Å². The molecule has 0 radical (unpaired) electrons. The standard InChI is InChI=1S/C14H21F3N4O3.C2H4O2/c1-23-10-4-3-8(5-9(10)18)13-19-11(6-12(22)24-2)20-21(13)7-14(15,16)17;1-2(3)4/h8-10H,3-7,18H2,1-2H3;1H3,(H,3,4)/t8-,9+,10+;/m0./s1. The number of alkyl halides is 3. The van der Waals surface area contributed by atoms with Crippen molar-refractivity contribution in [1.82, 2.24) is 14.8 Å². The van der Waals surface area contributed by atoms with Crippen molar-refractivity contribution in [2.45, 2.75) is 63.4 Å². The van der Waals surface area contributed by atoms with Gasteiger partial charge in [-0.1, -0.05) is 0 Å². The van der Waals surface area contributed by atoms with Crippen molar-refractivity contribution in [3.8, 4) is 0 Å². The lowest BCUT2D eigenvalue weighted by atomic mass is 9.83. The molecule has 0 aromatic carbocycles. The molecule has 0 amide bonds. The number of esters is 1. The van der Waals surface area contributed by atoms with Crippen LogP contribution in [0.15, 0.2) is 0 Å². The average Bonchev–Trinajstić information content (AvgIpc) is 2.94. The molecule has 1 aromatic rings. The summed E-state index contributed by atoms with van der Waals surface area (Å²) in [6, 6.07) is -0.283.